The van der Waals surface area contributed by atoms with Gasteiger partial charge in [-0.15, -0.1) is 6.42 Å². The van der Waals surface area contributed by atoms with Gasteiger partial charge >= 0.3 is 0 Å². The van der Waals surface area contributed by atoms with E-state index in [1.54, 1.807) is 0 Å². The van der Waals surface area contributed by atoms with Gasteiger partial charge in [-0.1, -0.05) is 19.3 Å². The van der Waals surface area contributed by atoms with Crippen LogP contribution in [0, 0.1) is 29.1 Å². The first-order chi connectivity index (χ1) is 6.14. The predicted molar refractivity (Wildman–Crippen MR) is 47.6 cm³/mol. The quantitative estimate of drug-likeness (QED) is 0.648. The first kappa shape index (κ1) is 10.1. The Kier molecular flexibility index (Phi) is 2.61. The molecule has 1 fully saturated rings. The SMILES string of the molecule is C#C[C@](O)(CCC)C1(C#N)COC1. The van der Waals surface area contributed by atoms with Gasteiger partial charge < -0.3 is 9.84 Å². The molecule has 3 heteroatoms. The third-order valence-electron chi connectivity index (χ3n) is 2.55. The molecule has 0 unspecified atom stereocenters. The van der Waals surface area contributed by atoms with E-state index in [2.05, 4.69) is 12.0 Å². The molecule has 0 amide bonds. The molecule has 0 saturated carbocycles. The van der Waals surface area contributed by atoms with Crippen LogP contribution >= 0.6 is 0 Å². The molecule has 13 heavy (non-hydrogen) atoms. The standard InChI is InChI=1S/C10H13NO2/c1-3-5-10(12,4-2)9(6-11)7-13-8-9/h2,12H,3,5,7-8H2,1H3/t10-/m0/s1. The van der Waals surface area contributed by atoms with Crippen molar-refractivity contribution in [2.24, 2.45) is 5.41 Å². The monoisotopic (exact) mass is 179 g/mol. The fraction of sp³-hybridized carbons (Fsp3) is 0.700. The summed E-state index contributed by atoms with van der Waals surface area (Å²) in [7, 11) is 0. The minimum Gasteiger partial charge on any atom is -0.378 e. The van der Waals surface area contributed by atoms with E-state index in [1.807, 2.05) is 6.92 Å². The lowest BCUT2D eigenvalue weighted by atomic mass is 9.69. The van der Waals surface area contributed by atoms with E-state index in [-0.39, 0.29) is 13.2 Å². The van der Waals surface area contributed by atoms with Gasteiger partial charge in [0.1, 0.15) is 11.0 Å². The summed E-state index contributed by atoms with van der Waals surface area (Å²) in [5.41, 5.74) is -2.20. The van der Waals surface area contributed by atoms with E-state index in [1.165, 1.54) is 0 Å². The Bertz CT molecular complexity index is 270. The van der Waals surface area contributed by atoms with E-state index in [0.29, 0.717) is 6.42 Å². The highest BCUT2D eigenvalue weighted by atomic mass is 16.5. The van der Waals surface area contributed by atoms with Crippen LogP contribution in [0.3, 0.4) is 0 Å². The number of terminal acetylenes is 1. The molecule has 0 aromatic rings. The lowest BCUT2D eigenvalue weighted by Crippen LogP contribution is -2.58. The largest absolute Gasteiger partial charge is 0.378 e. The van der Waals surface area contributed by atoms with Gasteiger partial charge in [0.15, 0.2) is 0 Å². The van der Waals surface area contributed by atoms with Crippen LogP contribution in [0.15, 0.2) is 0 Å². The van der Waals surface area contributed by atoms with Crippen molar-refractivity contribution in [3.05, 3.63) is 0 Å². The highest BCUT2D eigenvalue weighted by molar-refractivity contribution is 5.25. The molecule has 1 aliphatic heterocycles. The Hall–Kier alpha value is -1.03. The summed E-state index contributed by atoms with van der Waals surface area (Å²) in [5.74, 6) is 2.33. The molecule has 70 valence electrons. The van der Waals surface area contributed by atoms with Gasteiger partial charge in [0, 0.05) is 0 Å². The van der Waals surface area contributed by atoms with E-state index in [9.17, 15) is 5.11 Å². The van der Waals surface area contributed by atoms with Crippen LogP contribution in [-0.4, -0.2) is 23.9 Å². The minimum atomic E-state index is -1.32. The second kappa shape index (κ2) is 3.38. The van der Waals surface area contributed by atoms with Crippen molar-refractivity contribution < 1.29 is 9.84 Å². The maximum absolute atomic E-state index is 10.1. The summed E-state index contributed by atoms with van der Waals surface area (Å²) in [5, 5.41) is 19.0. The summed E-state index contributed by atoms with van der Waals surface area (Å²) in [4.78, 5) is 0. The molecule has 0 spiro atoms. The fourth-order valence-electron chi connectivity index (χ4n) is 1.51. The second-order valence-electron chi connectivity index (χ2n) is 3.44. The van der Waals surface area contributed by atoms with Crippen LogP contribution < -0.4 is 0 Å². The first-order valence-corrected chi connectivity index (χ1v) is 4.33. The van der Waals surface area contributed by atoms with E-state index < -0.39 is 11.0 Å². The summed E-state index contributed by atoms with van der Waals surface area (Å²) in [6, 6.07) is 2.07. The Morgan fingerprint density at radius 3 is 2.54 bits per heavy atom. The van der Waals surface area contributed by atoms with Crippen molar-refractivity contribution in [2.75, 3.05) is 13.2 Å². The Labute approximate surface area is 78.3 Å². The molecule has 1 rings (SSSR count). The lowest BCUT2D eigenvalue weighted by Gasteiger charge is -2.44. The van der Waals surface area contributed by atoms with Crippen LogP contribution in [0.5, 0.6) is 0 Å². The maximum atomic E-state index is 10.1. The van der Waals surface area contributed by atoms with Gasteiger partial charge in [-0.25, -0.2) is 0 Å². The zero-order chi connectivity index (χ0) is 9.95. The van der Waals surface area contributed by atoms with Crippen molar-refractivity contribution in [3.8, 4) is 18.4 Å². The van der Waals surface area contributed by atoms with Crippen molar-refractivity contribution in [3.63, 3.8) is 0 Å². The zero-order valence-electron chi connectivity index (χ0n) is 7.71. The number of hydrogen-bond donors (Lipinski definition) is 1. The normalized spacial score (nSPS) is 23.4. The highest BCUT2D eigenvalue weighted by Crippen LogP contribution is 2.40. The topological polar surface area (TPSA) is 53.2 Å². The van der Waals surface area contributed by atoms with Gasteiger partial charge in [0.05, 0.1) is 19.3 Å². The highest BCUT2D eigenvalue weighted by Gasteiger charge is 2.55. The molecule has 0 aromatic heterocycles. The Morgan fingerprint density at radius 2 is 2.31 bits per heavy atom. The van der Waals surface area contributed by atoms with Crippen molar-refractivity contribution in [1.82, 2.24) is 0 Å². The van der Waals surface area contributed by atoms with Gasteiger partial charge in [0.2, 0.25) is 0 Å². The molecular formula is C10H13NO2. The summed E-state index contributed by atoms with van der Waals surface area (Å²) in [6.45, 7) is 2.40. The minimum absolute atomic E-state index is 0.240. The molecule has 1 N–H and O–H groups in total. The molecule has 0 aliphatic carbocycles. The number of aliphatic hydroxyl groups is 1. The number of rotatable bonds is 3. The summed E-state index contributed by atoms with van der Waals surface area (Å²) < 4.78 is 4.95. The van der Waals surface area contributed by atoms with Gasteiger partial charge in [0.25, 0.3) is 0 Å². The average Bonchev–Trinajstić information content (AvgIpc) is 2.04. The third-order valence-corrected chi connectivity index (χ3v) is 2.55. The van der Waals surface area contributed by atoms with Crippen molar-refractivity contribution in [2.45, 2.75) is 25.4 Å². The van der Waals surface area contributed by atoms with Gasteiger partial charge in [-0.05, 0) is 6.42 Å². The Balaban J connectivity index is 2.88. The van der Waals surface area contributed by atoms with Crippen LogP contribution in [0.4, 0.5) is 0 Å². The average molecular weight is 179 g/mol. The molecular weight excluding hydrogens is 166 g/mol. The smallest absolute Gasteiger partial charge is 0.148 e. The number of nitrogens with zero attached hydrogens (tertiary/aromatic N) is 1. The van der Waals surface area contributed by atoms with E-state index in [0.717, 1.165) is 6.42 Å². The molecule has 1 heterocycles. The van der Waals surface area contributed by atoms with Crippen molar-refractivity contribution >= 4 is 0 Å². The van der Waals surface area contributed by atoms with Crippen LogP contribution in [0.2, 0.25) is 0 Å². The molecule has 1 aliphatic rings. The lowest BCUT2D eigenvalue weighted by molar-refractivity contribution is -0.168. The summed E-state index contributed by atoms with van der Waals surface area (Å²) in [6.07, 6.45) is 6.46. The summed E-state index contributed by atoms with van der Waals surface area (Å²) >= 11 is 0. The fourth-order valence-corrected chi connectivity index (χ4v) is 1.51. The molecule has 0 bridgehead atoms. The van der Waals surface area contributed by atoms with Crippen LogP contribution in [-0.2, 0) is 4.74 Å². The third kappa shape index (κ3) is 1.31. The molecule has 0 aromatic carbocycles. The van der Waals surface area contributed by atoms with E-state index >= 15 is 0 Å². The Morgan fingerprint density at radius 1 is 1.69 bits per heavy atom. The zero-order valence-corrected chi connectivity index (χ0v) is 7.71. The van der Waals surface area contributed by atoms with Gasteiger partial charge in [-0.2, -0.15) is 5.26 Å². The predicted octanol–water partition coefficient (Wildman–Crippen LogP) is 0.691. The number of nitriles is 1. The molecule has 0 radical (unpaired) electrons. The molecule has 3 nitrogen and oxygen atoms in total. The van der Waals surface area contributed by atoms with Crippen LogP contribution in [0.1, 0.15) is 19.8 Å². The maximum Gasteiger partial charge on any atom is 0.148 e. The van der Waals surface area contributed by atoms with Crippen LogP contribution in [0.25, 0.3) is 0 Å². The van der Waals surface area contributed by atoms with E-state index in [4.69, 9.17) is 16.4 Å². The second-order valence-corrected chi connectivity index (χ2v) is 3.44. The van der Waals surface area contributed by atoms with Gasteiger partial charge in [-0.3, -0.25) is 0 Å². The number of hydrogen-bond acceptors (Lipinski definition) is 3. The van der Waals surface area contributed by atoms with Crippen molar-refractivity contribution in [1.29, 1.82) is 5.26 Å². The number of ether oxygens (including phenoxy) is 1. The molecule has 1 atom stereocenters. The molecule has 1 saturated heterocycles. The first-order valence-electron chi connectivity index (χ1n) is 4.33.